The summed E-state index contributed by atoms with van der Waals surface area (Å²) in [5.74, 6) is -0.115. The van der Waals surface area contributed by atoms with Gasteiger partial charge in [0, 0.05) is 56.6 Å². The van der Waals surface area contributed by atoms with Crippen molar-refractivity contribution in [3.8, 4) is 22.1 Å². The van der Waals surface area contributed by atoms with Crippen LogP contribution in [0, 0.1) is 5.82 Å². The minimum atomic E-state index is -0.618. The molecule has 0 radical (unpaired) electrons. The number of methoxy groups -OCH3 is 1. The third-order valence-electron chi connectivity index (χ3n) is 5.59. The van der Waals surface area contributed by atoms with E-state index in [4.69, 9.17) is 9.47 Å². The number of amides is 2. The smallest absolute Gasteiger partial charge is 0.323 e. The van der Waals surface area contributed by atoms with E-state index in [0.29, 0.717) is 24.6 Å². The Bertz CT molecular complexity index is 1560. The molecule has 0 aliphatic heterocycles. The second kappa shape index (κ2) is 12.4. The average molecular weight is 545 g/mol. The van der Waals surface area contributed by atoms with Crippen LogP contribution < -0.4 is 20.7 Å². The molecule has 0 spiro atoms. The highest BCUT2D eigenvalue weighted by Crippen LogP contribution is 2.39. The molecule has 4 heterocycles. The molecule has 39 heavy (non-hydrogen) atoms. The van der Waals surface area contributed by atoms with Crippen molar-refractivity contribution in [2.24, 2.45) is 0 Å². The topological polar surface area (TPSA) is 110 Å². The van der Waals surface area contributed by atoms with Crippen molar-refractivity contribution in [2.45, 2.75) is 6.54 Å². The van der Waals surface area contributed by atoms with Gasteiger partial charge < -0.3 is 25.4 Å². The number of halogens is 1. The summed E-state index contributed by atoms with van der Waals surface area (Å²) >= 11 is 1.47. The molecule has 5 aromatic rings. The predicted octanol–water partition coefficient (Wildman–Crippen LogP) is 6.06. The lowest BCUT2D eigenvalue weighted by molar-refractivity contribution is 0.199. The number of hydrogen-bond donors (Lipinski definition) is 3. The van der Waals surface area contributed by atoms with Crippen molar-refractivity contribution in [1.29, 1.82) is 0 Å². The molecule has 0 unspecified atom stereocenters. The summed E-state index contributed by atoms with van der Waals surface area (Å²) in [5.41, 5.74) is 3.42. The average Bonchev–Trinajstić information content (AvgIpc) is 3.39. The minimum Gasteiger partial charge on any atom is -0.453 e. The highest BCUT2D eigenvalue weighted by Gasteiger charge is 2.14. The fourth-order valence-corrected chi connectivity index (χ4v) is 4.76. The van der Waals surface area contributed by atoms with Gasteiger partial charge in [-0.3, -0.25) is 15.0 Å². The van der Waals surface area contributed by atoms with Crippen LogP contribution in [0.15, 0.2) is 79.4 Å². The van der Waals surface area contributed by atoms with Gasteiger partial charge in [-0.1, -0.05) is 6.07 Å². The third-order valence-corrected chi connectivity index (χ3v) is 6.76. The van der Waals surface area contributed by atoms with Crippen LogP contribution >= 0.6 is 11.3 Å². The molecule has 4 aromatic heterocycles. The van der Waals surface area contributed by atoms with Gasteiger partial charge in [-0.15, -0.1) is 11.3 Å². The van der Waals surface area contributed by atoms with Crippen LogP contribution in [0.1, 0.15) is 5.56 Å². The summed E-state index contributed by atoms with van der Waals surface area (Å²) < 4.78 is 26.7. The molecule has 0 saturated carbocycles. The van der Waals surface area contributed by atoms with E-state index >= 15 is 0 Å². The number of anilines is 2. The lowest BCUT2D eigenvalue weighted by atomic mass is 10.2. The number of aromatic nitrogens is 3. The van der Waals surface area contributed by atoms with Crippen molar-refractivity contribution >= 4 is 39.0 Å². The molecule has 0 atom stereocenters. The first kappa shape index (κ1) is 26.2. The maximum absolute atomic E-state index is 14.9. The van der Waals surface area contributed by atoms with Crippen molar-refractivity contribution in [3.63, 3.8) is 0 Å². The zero-order valence-corrected chi connectivity index (χ0v) is 21.8. The maximum atomic E-state index is 14.9. The first-order chi connectivity index (χ1) is 19.1. The number of hydrogen-bond acceptors (Lipinski definition) is 8. The van der Waals surface area contributed by atoms with E-state index in [2.05, 4.69) is 30.9 Å². The molecular formula is C28H25FN6O3S. The molecule has 0 bridgehead atoms. The molecule has 5 rings (SSSR count). The molecular weight excluding hydrogens is 519 g/mol. The van der Waals surface area contributed by atoms with Crippen molar-refractivity contribution in [1.82, 2.24) is 20.3 Å². The van der Waals surface area contributed by atoms with Crippen molar-refractivity contribution in [2.75, 3.05) is 30.9 Å². The number of carbonyl (C=O) groups excluding carboxylic acids is 1. The lowest BCUT2D eigenvalue weighted by Crippen LogP contribution is -2.19. The first-order valence-corrected chi connectivity index (χ1v) is 12.9. The fourth-order valence-electron chi connectivity index (χ4n) is 3.71. The van der Waals surface area contributed by atoms with E-state index in [1.807, 2.05) is 24.4 Å². The largest absolute Gasteiger partial charge is 0.453 e. The number of thiophene rings is 1. The number of carbonyl (C=O) groups is 1. The van der Waals surface area contributed by atoms with Crippen LogP contribution in [0.25, 0.3) is 20.8 Å². The molecule has 0 aliphatic carbocycles. The summed E-state index contributed by atoms with van der Waals surface area (Å²) in [5, 5.41) is 8.52. The monoisotopic (exact) mass is 544 g/mol. The molecule has 1 aromatic carbocycles. The SMILES string of the molecule is COCCNCc1ccc(-c2cc3nccc(Oc4ccc(NC(=O)Nc5cccnc5)cc4F)c3s2)nc1. The summed E-state index contributed by atoms with van der Waals surface area (Å²) in [7, 11) is 1.67. The molecule has 11 heteroatoms. The van der Waals surface area contributed by atoms with Gasteiger partial charge in [-0.05, 0) is 42.0 Å². The van der Waals surface area contributed by atoms with E-state index < -0.39 is 11.8 Å². The van der Waals surface area contributed by atoms with Gasteiger partial charge in [0.1, 0.15) is 5.75 Å². The van der Waals surface area contributed by atoms with Gasteiger partial charge in [0.05, 0.1) is 39.3 Å². The van der Waals surface area contributed by atoms with Crippen LogP contribution in [0.5, 0.6) is 11.5 Å². The Morgan fingerprint density at radius 3 is 2.64 bits per heavy atom. The number of nitrogens with zero attached hydrogens (tertiary/aromatic N) is 3. The number of fused-ring (bicyclic) bond motifs is 1. The number of pyridine rings is 3. The standard InChI is InChI=1S/C28H25FN6O3S/c1-37-12-11-31-15-18-4-6-22(33-16-18)26-14-23-27(39-26)25(8-10-32-23)38-24-7-5-19(13-21(24)29)34-28(36)35-20-3-2-9-30-17-20/h2-10,13-14,16-17,31H,11-12,15H2,1H3,(H2,34,35,36). The molecule has 0 fully saturated rings. The number of nitrogens with one attached hydrogen (secondary N) is 3. The maximum Gasteiger partial charge on any atom is 0.323 e. The Morgan fingerprint density at radius 2 is 1.87 bits per heavy atom. The molecule has 0 aliphatic rings. The number of benzene rings is 1. The Balaban J connectivity index is 1.27. The van der Waals surface area contributed by atoms with Gasteiger partial charge in [-0.2, -0.15) is 0 Å². The van der Waals surface area contributed by atoms with Gasteiger partial charge in [0.15, 0.2) is 11.6 Å². The summed E-state index contributed by atoms with van der Waals surface area (Å²) in [6.07, 6.45) is 6.57. The quantitative estimate of drug-likeness (QED) is 0.183. The zero-order valence-electron chi connectivity index (χ0n) is 21.0. The highest BCUT2D eigenvalue weighted by atomic mass is 32.1. The number of ether oxygens (including phenoxy) is 2. The van der Waals surface area contributed by atoms with E-state index in [0.717, 1.165) is 32.9 Å². The normalized spacial score (nSPS) is 10.9. The van der Waals surface area contributed by atoms with E-state index in [1.54, 1.807) is 43.8 Å². The minimum absolute atomic E-state index is 0.0270. The van der Waals surface area contributed by atoms with E-state index in [1.165, 1.54) is 29.7 Å². The van der Waals surface area contributed by atoms with Crippen molar-refractivity contribution in [3.05, 3.63) is 90.8 Å². The summed E-state index contributed by atoms with van der Waals surface area (Å²) in [6, 6.07) is 14.7. The van der Waals surface area contributed by atoms with Crippen LogP contribution in [0.4, 0.5) is 20.6 Å². The summed E-state index contributed by atoms with van der Waals surface area (Å²) in [4.78, 5) is 26.1. The Kier molecular flexibility index (Phi) is 8.32. The first-order valence-electron chi connectivity index (χ1n) is 12.1. The Hall–Kier alpha value is -4.45. The Morgan fingerprint density at radius 1 is 0.974 bits per heavy atom. The number of urea groups is 1. The van der Waals surface area contributed by atoms with Crippen LogP contribution in [-0.4, -0.2) is 41.2 Å². The molecule has 9 nitrogen and oxygen atoms in total. The molecule has 2 amide bonds. The van der Waals surface area contributed by atoms with Gasteiger partial charge in [0.2, 0.25) is 0 Å². The Labute approximate surface area is 228 Å². The predicted molar refractivity (Wildman–Crippen MR) is 150 cm³/mol. The van der Waals surface area contributed by atoms with Crippen LogP contribution in [-0.2, 0) is 11.3 Å². The second-order valence-corrected chi connectivity index (χ2v) is 9.48. The zero-order chi connectivity index (χ0) is 27.0. The van der Waals surface area contributed by atoms with Crippen LogP contribution in [0.3, 0.4) is 0 Å². The second-order valence-electron chi connectivity index (χ2n) is 8.42. The molecule has 3 N–H and O–H groups in total. The molecule has 198 valence electrons. The number of rotatable bonds is 10. The summed E-state index contributed by atoms with van der Waals surface area (Å²) in [6.45, 7) is 2.13. The van der Waals surface area contributed by atoms with Gasteiger partial charge in [0.25, 0.3) is 0 Å². The molecule has 0 saturated heterocycles. The highest BCUT2D eigenvalue weighted by molar-refractivity contribution is 7.22. The fraction of sp³-hybridized carbons (Fsp3) is 0.143. The third kappa shape index (κ3) is 6.71. The van der Waals surface area contributed by atoms with E-state index in [-0.39, 0.29) is 11.4 Å². The van der Waals surface area contributed by atoms with Crippen molar-refractivity contribution < 1.29 is 18.7 Å². The van der Waals surface area contributed by atoms with Crippen LogP contribution in [0.2, 0.25) is 0 Å². The van der Waals surface area contributed by atoms with E-state index in [9.17, 15) is 9.18 Å². The lowest BCUT2D eigenvalue weighted by Gasteiger charge is -2.10. The van der Waals surface area contributed by atoms with Gasteiger partial charge >= 0.3 is 6.03 Å². The van der Waals surface area contributed by atoms with Gasteiger partial charge in [-0.25, -0.2) is 9.18 Å².